The van der Waals surface area contributed by atoms with Crippen molar-refractivity contribution in [2.24, 2.45) is 0 Å². The number of hydrogen-bond acceptors (Lipinski definition) is 2. The van der Waals surface area contributed by atoms with Gasteiger partial charge in [0.05, 0.1) is 10.7 Å². The largest absolute Gasteiger partial charge is 0.365 e. The van der Waals surface area contributed by atoms with E-state index in [1.165, 1.54) is 6.07 Å². The highest BCUT2D eigenvalue weighted by molar-refractivity contribution is 9.10. The number of anilines is 1. The van der Waals surface area contributed by atoms with E-state index >= 15 is 0 Å². The van der Waals surface area contributed by atoms with Gasteiger partial charge in [-0.15, -0.1) is 0 Å². The Morgan fingerprint density at radius 3 is 2.89 bits per heavy atom. The van der Waals surface area contributed by atoms with Crippen LogP contribution in [0.15, 0.2) is 16.6 Å². The minimum absolute atomic E-state index is 0.150. The predicted octanol–water partition coefficient (Wildman–Crippen LogP) is 3.75. The second-order valence-corrected chi connectivity index (χ2v) is 5.64. The van der Waals surface area contributed by atoms with E-state index in [0.717, 1.165) is 12.5 Å². The Bertz CT molecular complexity index is 466. The van der Waals surface area contributed by atoms with Crippen molar-refractivity contribution >= 4 is 39.1 Å². The number of carbonyl (C=O) groups is 1. The van der Waals surface area contributed by atoms with Crippen molar-refractivity contribution in [3.05, 3.63) is 27.4 Å². The van der Waals surface area contributed by atoms with E-state index in [1.54, 1.807) is 6.92 Å². The molecule has 3 nitrogen and oxygen atoms in total. The lowest BCUT2D eigenvalue weighted by molar-refractivity contribution is -0.133. The van der Waals surface area contributed by atoms with E-state index in [0.29, 0.717) is 23.2 Å². The maximum Gasteiger partial charge on any atom is 0.256 e. The van der Waals surface area contributed by atoms with Crippen molar-refractivity contribution in [1.29, 1.82) is 0 Å². The van der Waals surface area contributed by atoms with Crippen LogP contribution in [0, 0.1) is 5.82 Å². The Kier molecular flexibility index (Phi) is 3.94. The van der Waals surface area contributed by atoms with Crippen LogP contribution in [0.5, 0.6) is 0 Å². The molecule has 0 aliphatic carbocycles. The summed E-state index contributed by atoms with van der Waals surface area (Å²) in [7, 11) is 0. The summed E-state index contributed by atoms with van der Waals surface area (Å²) in [5.74, 6) is -0.734. The van der Waals surface area contributed by atoms with Crippen molar-refractivity contribution in [2.75, 3.05) is 11.9 Å². The Balaban J connectivity index is 2.22. The van der Waals surface area contributed by atoms with Crippen LogP contribution < -0.4 is 5.32 Å². The Labute approximate surface area is 118 Å². The summed E-state index contributed by atoms with van der Waals surface area (Å²) in [4.78, 5) is 12.1. The van der Waals surface area contributed by atoms with Gasteiger partial charge in [0.1, 0.15) is 11.4 Å². The molecular formula is C12H12BrClFNO2. The van der Waals surface area contributed by atoms with Crippen molar-refractivity contribution in [1.82, 2.24) is 0 Å². The fraction of sp³-hybridized carbons (Fsp3) is 0.417. The number of benzene rings is 1. The normalized spacial score (nSPS) is 23.1. The molecule has 1 aromatic carbocycles. The lowest BCUT2D eigenvalue weighted by atomic mass is 10.0. The summed E-state index contributed by atoms with van der Waals surface area (Å²) in [5.41, 5.74) is -0.475. The fourth-order valence-electron chi connectivity index (χ4n) is 1.87. The van der Waals surface area contributed by atoms with Crippen LogP contribution >= 0.6 is 27.5 Å². The number of nitrogens with one attached hydrogen (secondary N) is 1. The molecule has 1 heterocycles. The van der Waals surface area contributed by atoms with Crippen LogP contribution in [0.1, 0.15) is 19.8 Å². The van der Waals surface area contributed by atoms with E-state index in [-0.39, 0.29) is 10.9 Å². The van der Waals surface area contributed by atoms with Crippen molar-refractivity contribution in [3.8, 4) is 0 Å². The quantitative estimate of drug-likeness (QED) is 0.893. The molecular weight excluding hydrogens is 324 g/mol. The van der Waals surface area contributed by atoms with Gasteiger partial charge in [0.2, 0.25) is 0 Å². The number of amides is 1. The van der Waals surface area contributed by atoms with E-state index < -0.39 is 11.4 Å². The highest BCUT2D eigenvalue weighted by Crippen LogP contribution is 2.34. The summed E-state index contributed by atoms with van der Waals surface area (Å²) in [5, 5.41) is 2.83. The van der Waals surface area contributed by atoms with E-state index in [1.807, 2.05) is 0 Å². The molecule has 1 amide bonds. The van der Waals surface area contributed by atoms with Crippen LogP contribution in [0.2, 0.25) is 5.02 Å². The van der Waals surface area contributed by atoms with Gasteiger partial charge in [0, 0.05) is 11.1 Å². The van der Waals surface area contributed by atoms with E-state index in [9.17, 15) is 9.18 Å². The molecule has 0 saturated carbocycles. The van der Waals surface area contributed by atoms with Gasteiger partial charge in [-0.2, -0.15) is 0 Å². The van der Waals surface area contributed by atoms with E-state index in [2.05, 4.69) is 21.2 Å². The Hall–Kier alpha value is -0.650. The third-order valence-corrected chi connectivity index (χ3v) is 3.87. The average Bonchev–Trinajstić information content (AvgIpc) is 2.71. The van der Waals surface area contributed by atoms with Crippen molar-refractivity contribution < 1.29 is 13.9 Å². The summed E-state index contributed by atoms with van der Waals surface area (Å²) < 4.78 is 18.9. The third kappa shape index (κ3) is 2.68. The van der Waals surface area contributed by atoms with Crippen LogP contribution in [-0.2, 0) is 9.53 Å². The van der Waals surface area contributed by atoms with Gasteiger partial charge in [-0.25, -0.2) is 4.39 Å². The fourth-order valence-corrected chi connectivity index (χ4v) is 2.76. The molecule has 0 spiro atoms. The number of rotatable bonds is 2. The molecule has 1 atom stereocenters. The average molecular weight is 337 g/mol. The minimum atomic E-state index is -0.836. The highest BCUT2D eigenvalue weighted by atomic mass is 79.9. The van der Waals surface area contributed by atoms with Crippen LogP contribution in [0.4, 0.5) is 10.1 Å². The molecule has 1 aromatic rings. The molecule has 0 radical (unpaired) electrons. The molecule has 1 saturated heterocycles. The molecule has 0 aromatic heterocycles. The maximum atomic E-state index is 13.1. The van der Waals surface area contributed by atoms with Gasteiger partial charge >= 0.3 is 0 Å². The van der Waals surface area contributed by atoms with Crippen molar-refractivity contribution in [2.45, 2.75) is 25.4 Å². The molecule has 1 fully saturated rings. The maximum absolute atomic E-state index is 13.1. The van der Waals surface area contributed by atoms with Gasteiger partial charge in [-0.3, -0.25) is 4.79 Å². The van der Waals surface area contributed by atoms with Gasteiger partial charge in [-0.05, 0) is 47.8 Å². The zero-order valence-electron chi connectivity index (χ0n) is 9.73. The van der Waals surface area contributed by atoms with Gasteiger partial charge in [0.25, 0.3) is 5.91 Å². The zero-order valence-corrected chi connectivity index (χ0v) is 12.1. The highest BCUT2D eigenvalue weighted by Gasteiger charge is 2.38. The van der Waals surface area contributed by atoms with Gasteiger partial charge in [0.15, 0.2) is 0 Å². The monoisotopic (exact) mass is 335 g/mol. The smallest absolute Gasteiger partial charge is 0.256 e. The van der Waals surface area contributed by atoms with Crippen LogP contribution in [-0.4, -0.2) is 18.1 Å². The molecule has 0 bridgehead atoms. The summed E-state index contributed by atoms with van der Waals surface area (Å²) in [6.45, 7) is 2.31. The van der Waals surface area contributed by atoms with E-state index in [4.69, 9.17) is 16.3 Å². The first-order valence-corrected chi connectivity index (χ1v) is 6.69. The summed E-state index contributed by atoms with van der Waals surface area (Å²) in [6, 6.07) is 2.40. The molecule has 1 aliphatic heterocycles. The standard InChI is InChI=1S/C12H12BrClFNO2/c1-12(3-2-4-18-12)11(17)16-10-8(13)5-7(15)6-9(10)14/h5-6H,2-4H2,1H3,(H,16,17). The lowest BCUT2D eigenvalue weighted by Crippen LogP contribution is -2.39. The summed E-state index contributed by atoms with van der Waals surface area (Å²) in [6.07, 6.45) is 1.51. The molecule has 1 unspecified atom stereocenters. The predicted molar refractivity (Wildman–Crippen MR) is 71.3 cm³/mol. The van der Waals surface area contributed by atoms with Crippen molar-refractivity contribution in [3.63, 3.8) is 0 Å². The molecule has 18 heavy (non-hydrogen) atoms. The summed E-state index contributed by atoms with van der Waals surface area (Å²) >= 11 is 9.08. The lowest BCUT2D eigenvalue weighted by Gasteiger charge is -2.22. The molecule has 1 N–H and O–H groups in total. The first kappa shape index (κ1) is 13.8. The molecule has 6 heteroatoms. The van der Waals surface area contributed by atoms with Crippen LogP contribution in [0.3, 0.4) is 0 Å². The zero-order chi connectivity index (χ0) is 13.3. The molecule has 2 rings (SSSR count). The topological polar surface area (TPSA) is 38.3 Å². The van der Waals surface area contributed by atoms with Gasteiger partial charge < -0.3 is 10.1 Å². The number of hydrogen-bond donors (Lipinski definition) is 1. The Morgan fingerprint density at radius 1 is 1.61 bits per heavy atom. The second-order valence-electron chi connectivity index (χ2n) is 4.38. The third-order valence-electron chi connectivity index (χ3n) is 2.94. The Morgan fingerprint density at radius 2 is 2.33 bits per heavy atom. The first-order valence-electron chi connectivity index (χ1n) is 5.52. The first-order chi connectivity index (χ1) is 8.42. The number of carbonyl (C=O) groups excluding carboxylic acids is 1. The van der Waals surface area contributed by atoms with Crippen LogP contribution in [0.25, 0.3) is 0 Å². The minimum Gasteiger partial charge on any atom is -0.365 e. The SMILES string of the molecule is CC1(C(=O)Nc2c(Cl)cc(F)cc2Br)CCCO1. The number of halogens is 3. The number of ether oxygens (including phenoxy) is 1. The van der Waals surface area contributed by atoms with Gasteiger partial charge in [-0.1, -0.05) is 11.6 Å². The molecule has 1 aliphatic rings. The second kappa shape index (κ2) is 5.15. The molecule has 98 valence electrons.